The molecular formula is C57H94O27. The molecule has 10 rings (SSSR count). The van der Waals surface area contributed by atoms with Gasteiger partial charge < -0.3 is 133 Å². The van der Waals surface area contributed by atoms with Gasteiger partial charge in [0.1, 0.15) is 110 Å². The Morgan fingerprint density at radius 3 is 1.93 bits per heavy atom. The Kier molecular flexibility index (Phi) is 20.4. The van der Waals surface area contributed by atoms with Gasteiger partial charge in [-0.25, -0.2) is 0 Å². The van der Waals surface area contributed by atoms with Crippen molar-refractivity contribution in [2.45, 2.75) is 258 Å². The molecule has 84 heavy (non-hydrogen) atoms. The molecule has 0 amide bonds. The van der Waals surface area contributed by atoms with Crippen LogP contribution in [0.4, 0.5) is 0 Å². The highest BCUT2D eigenvalue weighted by molar-refractivity contribution is 5.26. The Labute approximate surface area is 488 Å². The normalized spacial score (nSPS) is 54.4. The second kappa shape index (κ2) is 26.1. The minimum Gasteiger partial charge on any atom is -0.394 e. The highest BCUT2D eigenvalue weighted by Gasteiger charge is 2.68. The number of ether oxygens (including phenoxy) is 12. The Morgan fingerprint density at radius 1 is 0.619 bits per heavy atom. The molecule has 0 aromatic rings. The van der Waals surface area contributed by atoms with E-state index in [4.69, 9.17) is 56.8 Å². The van der Waals surface area contributed by atoms with Gasteiger partial charge in [-0.2, -0.15) is 0 Å². The molecule has 27 heteroatoms. The number of methoxy groups -OCH3 is 1. The number of hydrogen-bond acceptors (Lipinski definition) is 27. The molecule has 15 N–H and O–H groups in total. The summed E-state index contributed by atoms with van der Waals surface area (Å²) in [7, 11) is 1.71. The van der Waals surface area contributed by atoms with Gasteiger partial charge in [0, 0.05) is 19.4 Å². The van der Waals surface area contributed by atoms with Crippen LogP contribution in [0.25, 0.3) is 0 Å². The van der Waals surface area contributed by atoms with Gasteiger partial charge in [-0.1, -0.05) is 39.3 Å². The van der Waals surface area contributed by atoms with Crippen LogP contribution >= 0.6 is 0 Å². The van der Waals surface area contributed by atoms with Crippen LogP contribution in [0.2, 0.25) is 0 Å². The van der Waals surface area contributed by atoms with E-state index in [-0.39, 0.29) is 41.3 Å². The molecule has 0 spiro atoms. The van der Waals surface area contributed by atoms with E-state index in [1.165, 1.54) is 12.5 Å². The average Bonchev–Trinajstić information content (AvgIpc) is 1.53. The standard InChI is InChI=1S/C57H94O27/c1-22(19-74-50-44(69)41(66)38(63)32(17-58)79-50)9-14-57(73-6)23(2)35-31(84-57)16-29-27-8-7-25-15-26(10-12-55(25,4)28(27)11-13-56(29,35)5)78-53-46(71)42(67)39(64)34(81-53)21-76-54-49(83-52-45(70)40(65)36(61)24(3)77-52)47(72)48(33(18-59)80-54)82-51-43(68)37(62)30(60)20-75-51/h7,22-24,26-54,58-72H,8-21H2,1-6H3. The molecule has 35 atom stereocenters. The molecule has 4 aliphatic carbocycles. The summed E-state index contributed by atoms with van der Waals surface area (Å²) < 4.78 is 72.4. The summed E-state index contributed by atoms with van der Waals surface area (Å²) in [6, 6.07) is 0. The monoisotopic (exact) mass is 1210 g/mol. The van der Waals surface area contributed by atoms with Gasteiger partial charge in [0.05, 0.1) is 51.3 Å². The summed E-state index contributed by atoms with van der Waals surface area (Å²) in [4.78, 5) is 0. The second-order valence-corrected chi connectivity index (χ2v) is 26.4. The maximum absolute atomic E-state index is 11.9. The number of aliphatic hydroxyl groups excluding tert-OH is 15. The van der Waals surface area contributed by atoms with E-state index in [0.29, 0.717) is 43.4 Å². The predicted octanol–water partition coefficient (Wildman–Crippen LogP) is -3.89. The van der Waals surface area contributed by atoms with Gasteiger partial charge >= 0.3 is 0 Å². The van der Waals surface area contributed by atoms with Gasteiger partial charge in [-0.3, -0.25) is 0 Å². The Balaban J connectivity index is 0.760. The van der Waals surface area contributed by atoms with Crippen LogP contribution in [0.1, 0.15) is 92.4 Å². The highest BCUT2D eigenvalue weighted by atomic mass is 16.8. The van der Waals surface area contributed by atoms with Gasteiger partial charge in [0.2, 0.25) is 0 Å². The van der Waals surface area contributed by atoms with Crippen molar-refractivity contribution >= 4 is 0 Å². The van der Waals surface area contributed by atoms with Crippen LogP contribution in [0, 0.1) is 46.3 Å². The van der Waals surface area contributed by atoms with E-state index in [0.717, 1.165) is 32.1 Å². The third-order valence-corrected chi connectivity index (χ3v) is 21.5. The van der Waals surface area contributed by atoms with Crippen molar-refractivity contribution in [3.8, 4) is 0 Å². The molecule has 35 unspecified atom stereocenters. The molecule has 6 aliphatic heterocycles. The summed E-state index contributed by atoms with van der Waals surface area (Å²) in [6.45, 7) is 8.23. The number of fused-ring (bicyclic) bond motifs is 7. The first-order chi connectivity index (χ1) is 39.8. The lowest BCUT2D eigenvalue weighted by Gasteiger charge is -2.58. The van der Waals surface area contributed by atoms with Crippen LogP contribution in [0.15, 0.2) is 11.6 Å². The first-order valence-corrected chi connectivity index (χ1v) is 30.2. The summed E-state index contributed by atoms with van der Waals surface area (Å²) in [5.41, 5.74) is 1.14. The summed E-state index contributed by atoms with van der Waals surface area (Å²) in [5, 5.41) is 159. The topological polar surface area (TPSA) is 414 Å². The van der Waals surface area contributed by atoms with Crippen molar-refractivity contribution in [3.63, 3.8) is 0 Å². The average molecular weight is 1210 g/mol. The molecule has 0 bridgehead atoms. The van der Waals surface area contributed by atoms with E-state index in [1.807, 2.05) is 6.92 Å². The van der Waals surface area contributed by atoms with E-state index in [2.05, 4.69) is 26.8 Å². The SMILES string of the molecule is COC1(CCC(C)COC2OC(CO)C(O)C(O)C2O)OC2CC3C4CC=C5CC(OC6OC(COC7OC(CO)C(OC8OCC(O)C(O)C8O)C(O)C7OC7OC(C)C(O)C(O)C7O)C(O)C(O)C6O)CCC5(C)C4CCC3(C)C2C1C. The lowest BCUT2D eigenvalue weighted by Crippen LogP contribution is -2.66. The van der Waals surface area contributed by atoms with Crippen LogP contribution < -0.4 is 0 Å². The molecule has 27 nitrogen and oxygen atoms in total. The maximum atomic E-state index is 11.9. The zero-order valence-corrected chi connectivity index (χ0v) is 48.6. The largest absolute Gasteiger partial charge is 0.394 e. The van der Waals surface area contributed by atoms with Gasteiger partial charge in [-0.15, -0.1) is 0 Å². The number of rotatable bonds is 18. The predicted molar refractivity (Wildman–Crippen MR) is 282 cm³/mol. The minimum absolute atomic E-state index is 0.00449. The molecule has 484 valence electrons. The van der Waals surface area contributed by atoms with E-state index in [9.17, 15) is 76.6 Å². The second-order valence-electron chi connectivity index (χ2n) is 26.4. The summed E-state index contributed by atoms with van der Waals surface area (Å²) in [6.07, 6.45) is -28.7. The number of allylic oxidation sites excluding steroid dienone is 1. The summed E-state index contributed by atoms with van der Waals surface area (Å²) >= 11 is 0. The maximum Gasteiger partial charge on any atom is 0.187 e. The van der Waals surface area contributed by atoms with Gasteiger partial charge in [0.15, 0.2) is 37.2 Å². The molecule has 0 radical (unpaired) electrons. The fourth-order valence-electron chi connectivity index (χ4n) is 16.4. The molecule has 3 saturated carbocycles. The van der Waals surface area contributed by atoms with Crippen molar-refractivity contribution in [2.24, 2.45) is 46.3 Å². The van der Waals surface area contributed by atoms with Crippen molar-refractivity contribution < 1.29 is 133 Å². The minimum atomic E-state index is -1.89. The quantitative estimate of drug-likeness (QED) is 0.0584. The van der Waals surface area contributed by atoms with E-state index < -0.39 is 186 Å². The highest BCUT2D eigenvalue weighted by Crippen LogP contribution is 2.70. The van der Waals surface area contributed by atoms with Crippen LogP contribution in [-0.4, -0.2) is 282 Å². The lowest BCUT2D eigenvalue weighted by atomic mass is 9.47. The molecule has 0 aromatic heterocycles. The molecule has 6 heterocycles. The fourth-order valence-corrected chi connectivity index (χ4v) is 16.4. The van der Waals surface area contributed by atoms with Gasteiger partial charge in [0.25, 0.3) is 0 Å². The smallest absolute Gasteiger partial charge is 0.187 e. The van der Waals surface area contributed by atoms with Crippen LogP contribution in [0.5, 0.6) is 0 Å². The molecule has 9 fully saturated rings. The first kappa shape index (κ1) is 65.6. The summed E-state index contributed by atoms with van der Waals surface area (Å²) in [5.74, 6) is 0.779. The third kappa shape index (κ3) is 12.0. The van der Waals surface area contributed by atoms with Crippen LogP contribution in [0.3, 0.4) is 0 Å². The van der Waals surface area contributed by atoms with Crippen molar-refractivity contribution in [3.05, 3.63) is 11.6 Å². The fraction of sp³-hybridized carbons (Fsp3) is 0.965. The Hall–Kier alpha value is -1.34. The van der Waals surface area contributed by atoms with Gasteiger partial charge in [-0.05, 0) is 98.7 Å². The van der Waals surface area contributed by atoms with E-state index >= 15 is 0 Å². The zero-order chi connectivity index (χ0) is 60.6. The Bertz CT molecular complexity index is 2200. The van der Waals surface area contributed by atoms with Crippen molar-refractivity contribution in [1.82, 2.24) is 0 Å². The molecule has 6 saturated heterocycles. The lowest BCUT2D eigenvalue weighted by molar-refractivity contribution is -0.386. The Morgan fingerprint density at radius 2 is 1.24 bits per heavy atom. The molecule has 10 aliphatic rings. The zero-order valence-electron chi connectivity index (χ0n) is 48.6. The van der Waals surface area contributed by atoms with E-state index in [1.54, 1.807) is 7.11 Å². The number of aliphatic hydroxyl groups is 15. The third-order valence-electron chi connectivity index (χ3n) is 21.5. The molecule has 0 aromatic carbocycles. The molecular weight excluding hydrogens is 1120 g/mol. The van der Waals surface area contributed by atoms with Crippen LogP contribution in [-0.2, 0) is 56.8 Å². The first-order valence-electron chi connectivity index (χ1n) is 30.2. The van der Waals surface area contributed by atoms with Crippen molar-refractivity contribution in [2.75, 3.05) is 40.1 Å². The number of hydrogen-bond donors (Lipinski definition) is 15. The van der Waals surface area contributed by atoms with Crippen molar-refractivity contribution in [1.29, 1.82) is 0 Å².